The van der Waals surface area contributed by atoms with Crippen LogP contribution in [0.3, 0.4) is 0 Å². The van der Waals surface area contributed by atoms with E-state index in [4.69, 9.17) is 9.47 Å². The minimum Gasteiger partial charge on any atom is -0.457 e. The highest BCUT2D eigenvalue weighted by Gasteiger charge is 2.10. The Morgan fingerprint density at radius 2 is 0.656 bits per heavy atom. The number of para-hydroxylation sites is 4. The van der Waals surface area contributed by atoms with Crippen LogP contribution in [-0.2, 0) is 0 Å². The first-order valence-corrected chi connectivity index (χ1v) is 10.6. The van der Waals surface area contributed by atoms with Gasteiger partial charge in [-0.05, 0) is 47.5 Å². The predicted molar refractivity (Wildman–Crippen MR) is 130 cm³/mol. The average molecular weight is 415 g/mol. The zero-order valence-electron chi connectivity index (χ0n) is 17.5. The lowest BCUT2D eigenvalue weighted by atomic mass is 9.99. The number of ether oxygens (including phenoxy) is 2. The Bertz CT molecular complexity index is 1190. The third-order valence-electron chi connectivity index (χ3n) is 5.22. The number of hydrogen-bond donors (Lipinski definition) is 0. The van der Waals surface area contributed by atoms with Crippen molar-refractivity contribution in [3.8, 4) is 45.3 Å². The molecule has 0 saturated carbocycles. The van der Waals surface area contributed by atoms with Crippen molar-refractivity contribution in [1.29, 1.82) is 0 Å². The molecule has 0 radical (unpaired) electrons. The third kappa shape index (κ3) is 4.40. The van der Waals surface area contributed by atoms with E-state index < -0.39 is 0 Å². The number of benzene rings is 5. The topological polar surface area (TPSA) is 18.5 Å². The Kier molecular flexibility index (Phi) is 5.67. The molecule has 2 heteroatoms. The SMILES string of the molecule is c1ccc(Oc2ccccc2-c2ccc(-c3ccccc3Oc3ccccc3)cc2)cc1. The molecule has 0 atom stereocenters. The van der Waals surface area contributed by atoms with Gasteiger partial charge in [-0.3, -0.25) is 0 Å². The van der Waals surface area contributed by atoms with Crippen LogP contribution in [0.15, 0.2) is 133 Å². The Hall–Kier alpha value is -4.30. The minimum atomic E-state index is 0.823. The van der Waals surface area contributed by atoms with Gasteiger partial charge in [0.1, 0.15) is 23.0 Å². The Morgan fingerprint density at radius 3 is 1.06 bits per heavy atom. The van der Waals surface area contributed by atoms with Gasteiger partial charge in [0.2, 0.25) is 0 Å². The highest BCUT2D eigenvalue weighted by Crippen LogP contribution is 2.37. The lowest BCUT2D eigenvalue weighted by Crippen LogP contribution is -1.89. The normalized spacial score (nSPS) is 10.5. The number of rotatable bonds is 6. The van der Waals surface area contributed by atoms with Gasteiger partial charge in [-0.1, -0.05) is 97.1 Å². The first-order chi connectivity index (χ1) is 15.9. The summed E-state index contributed by atoms with van der Waals surface area (Å²) in [5.41, 5.74) is 4.30. The quantitative estimate of drug-likeness (QED) is 0.277. The molecule has 0 aliphatic carbocycles. The van der Waals surface area contributed by atoms with Crippen molar-refractivity contribution in [1.82, 2.24) is 0 Å². The Labute approximate surface area is 188 Å². The molecule has 0 bridgehead atoms. The summed E-state index contributed by atoms with van der Waals surface area (Å²) < 4.78 is 12.3. The molecule has 0 amide bonds. The van der Waals surface area contributed by atoms with E-state index in [1.807, 2.05) is 97.1 Å². The summed E-state index contributed by atoms with van der Waals surface area (Å²) in [5.74, 6) is 3.31. The zero-order valence-corrected chi connectivity index (χ0v) is 17.5. The highest BCUT2D eigenvalue weighted by molar-refractivity contribution is 5.76. The highest BCUT2D eigenvalue weighted by atomic mass is 16.5. The van der Waals surface area contributed by atoms with E-state index in [0.717, 1.165) is 45.3 Å². The predicted octanol–water partition coefficient (Wildman–Crippen LogP) is 8.61. The van der Waals surface area contributed by atoms with Gasteiger partial charge >= 0.3 is 0 Å². The van der Waals surface area contributed by atoms with Crippen LogP contribution in [0.25, 0.3) is 22.3 Å². The van der Waals surface area contributed by atoms with Crippen LogP contribution < -0.4 is 9.47 Å². The molecule has 0 spiro atoms. The molecule has 0 fully saturated rings. The van der Waals surface area contributed by atoms with Crippen LogP contribution in [0.4, 0.5) is 0 Å². The van der Waals surface area contributed by atoms with E-state index in [9.17, 15) is 0 Å². The summed E-state index contributed by atoms with van der Waals surface area (Å²) in [5, 5.41) is 0. The average Bonchev–Trinajstić information content (AvgIpc) is 2.86. The fourth-order valence-corrected chi connectivity index (χ4v) is 3.65. The van der Waals surface area contributed by atoms with Crippen molar-refractivity contribution in [2.45, 2.75) is 0 Å². The van der Waals surface area contributed by atoms with Crippen LogP contribution >= 0.6 is 0 Å². The molecule has 5 rings (SSSR count). The standard InChI is InChI=1S/C30H22O2/c1-3-11-25(12-4-1)31-29-17-9-7-15-27(29)23-19-21-24(22-20-23)28-16-8-10-18-30(28)32-26-13-5-2-6-14-26/h1-22H. The van der Waals surface area contributed by atoms with Crippen LogP contribution in [-0.4, -0.2) is 0 Å². The second kappa shape index (κ2) is 9.23. The monoisotopic (exact) mass is 414 g/mol. The van der Waals surface area contributed by atoms with Gasteiger partial charge in [0.05, 0.1) is 0 Å². The fourth-order valence-electron chi connectivity index (χ4n) is 3.65. The summed E-state index contributed by atoms with van der Waals surface area (Å²) in [6, 6.07) is 44.4. The molecule has 5 aromatic carbocycles. The molecular weight excluding hydrogens is 392 g/mol. The fraction of sp³-hybridized carbons (Fsp3) is 0. The van der Waals surface area contributed by atoms with E-state index in [-0.39, 0.29) is 0 Å². The van der Waals surface area contributed by atoms with Crippen molar-refractivity contribution in [3.05, 3.63) is 133 Å². The Balaban J connectivity index is 1.44. The molecule has 32 heavy (non-hydrogen) atoms. The van der Waals surface area contributed by atoms with E-state index in [2.05, 4.69) is 36.4 Å². The second-order valence-corrected chi connectivity index (χ2v) is 7.40. The maximum absolute atomic E-state index is 6.14. The van der Waals surface area contributed by atoms with Crippen molar-refractivity contribution in [2.24, 2.45) is 0 Å². The van der Waals surface area contributed by atoms with Crippen LogP contribution in [0.5, 0.6) is 23.0 Å². The molecule has 0 aromatic heterocycles. The first-order valence-electron chi connectivity index (χ1n) is 10.6. The maximum atomic E-state index is 6.14. The van der Waals surface area contributed by atoms with Crippen molar-refractivity contribution in [2.75, 3.05) is 0 Å². The van der Waals surface area contributed by atoms with E-state index in [0.29, 0.717) is 0 Å². The second-order valence-electron chi connectivity index (χ2n) is 7.40. The van der Waals surface area contributed by atoms with E-state index in [1.54, 1.807) is 0 Å². The lowest BCUT2D eigenvalue weighted by molar-refractivity contribution is 0.484. The van der Waals surface area contributed by atoms with Gasteiger partial charge in [0.25, 0.3) is 0 Å². The van der Waals surface area contributed by atoms with Crippen molar-refractivity contribution >= 4 is 0 Å². The molecular formula is C30H22O2. The van der Waals surface area contributed by atoms with Gasteiger partial charge in [-0.15, -0.1) is 0 Å². The van der Waals surface area contributed by atoms with E-state index in [1.165, 1.54) is 0 Å². The lowest BCUT2D eigenvalue weighted by Gasteiger charge is -2.13. The Morgan fingerprint density at radius 1 is 0.312 bits per heavy atom. The maximum Gasteiger partial charge on any atom is 0.135 e. The summed E-state index contributed by atoms with van der Waals surface area (Å²) in [6.07, 6.45) is 0. The summed E-state index contributed by atoms with van der Waals surface area (Å²) >= 11 is 0. The molecule has 0 N–H and O–H groups in total. The van der Waals surface area contributed by atoms with Crippen molar-refractivity contribution < 1.29 is 9.47 Å². The first kappa shape index (κ1) is 19.7. The van der Waals surface area contributed by atoms with E-state index >= 15 is 0 Å². The largest absolute Gasteiger partial charge is 0.457 e. The molecule has 2 nitrogen and oxygen atoms in total. The van der Waals surface area contributed by atoms with Crippen LogP contribution in [0.1, 0.15) is 0 Å². The van der Waals surface area contributed by atoms with Gasteiger partial charge in [-0.2, -0.15) is 0 Å². The van der Waals surface area contributed by atoms with Crippen LogP contribution in [0, 0.1) is 0 Å². The van der Waals surface area contributed by atoms with Crippen LogP contribution in [0.2, 0.25) is 0 Å². The molecule has 5 aromatic rings. The van der Waals surface area contributed by atoms with Gasteiger partial charge < -0.3 is 9.47 Å². The smallest absolute Gasteiger partial charge is 0.135 e. The zero-order chi connectivity index (χ0) is 21.6. The van der Waals surface area contributed by atoms with Gasteiger partial charge in [0, 0.05) is 11.1 Å². The molecule has 0 saturated heterocycles. The third-order valence-corrected chi connectivity index (χ3v) is 5.22. The summed E-state index contributed by atoms with van der Waals surface area (Å²) in [4.78, 5) is 0. The van der Waals surface area contributed by atoms with Gasteiger partial charge in [0.15, 0.2) is 0 Å². The van der Waals surface area contributed by atoms with Gasteiger partial charge in [-0.25, -0.2) is 0 Å². The molecule has 0 aliphatic heterocycles. The molecule has 0 unspecified atom stereocenters. The van der Waals surface area contributed by atoms with Crippen molar-refractivity contribution in [3.63, 3.8) is 0 Å². The molecule has 0 aliphatic rings. The molecule has 0 heterocycles. The minimum absolute atomic E-state index is 0.823. The molecule has 154 valence electrons. The summed E-state index contributed by atoms with van der Waals surface area (Å²) in [7, 11) is 0. The number of hydrogen-bond acceptors (Lipinski definition) is 2. The summed E-state index contributed by atoms with van der Waals surface area (Å²) in [6.45, 7) is 0.